The Morgan fingerprint density at radius 3 is 2.02 bits per heavy atom. The fourth-order valence-electron chi connectivity index (χ4n) is 6.40. The number of aryl methyl sites for hydroxylation is 3. The first-order chi connectivity index (χ1) is 23.5. The summed E-state index contributed by atoms with van der Waals surface area (Å²) in [6.07, 6.45) is 3.78. The van der Waals surface area contributed by atoms with Crippen LogP contribution < -0.4 is 16.4 Å². The molecule has 2 aromatic heterocycles. The van der Waals surface area contributed by atoms with Gasteiger partial charge in [0.05, 0.1) is 0 Å². The van der Waals surface area contributed by atoms with Crippen molar-refractivity contribution in [3.8, 4) is 33.6 Å². The van der Waals surface area contributed by atoms with Crippen LogP contribution in [0.5, 0.6) is 0 Å². The van der Waals surface area contributed by atoms with E-state index in [-0.39, 0.29) is 26.8 Å². The predicted octanol–water partition coefficient (Wildman–Crippen LogP) is 9.13. The van der Waals surface area contributed by atoms with Gasteiger partial charge in [0.2, 0.25) is 6.71 Å². The number of pyridine rings is 2. The van der Waals surface area contributed by atoms with Gasteiger partial charge < -0.3 is 9.97 Å². The van der Waals surface area contributed by atoms with Gasteiger partial charge in [-0.1, -0.05) is 113 Å². The number of hydrogen-bond acceptors (Lipinski definition) is 4. The van der Waals surface area contributed by atoms with Gasteiger partial charge in [-0.2, -0.15) is 0 Å². The second kappa shape index (κ2) is 14.3. The summed E-state index contributed by atoms with van der Waals surface area (Å²) in [4.78, 5) is 14.5. The van der Waals surface area contributed by atoms with E-state index in [1.54, 1.807) is 0 Å². The molecule has 49 heavy (non-hydrogen) atoms. The smallest absolute Gasteiger partial charge is 0.228 e. The molecule has 0 aliphatic carbocycles. The maximum absolute atomic E-state index is 4.54. The first-order valence-corrected chi connectivity index (χ1v) is 17.7. The van der Waals surface area contributed by atoms with Crippen molar-refractivity contribution < 1.29 is 20.1 Å². The molecule has 0 N–H and O–H groups in total. The predicted molar refractivity (Wildman–Crippen MR) is 202 cm³/mol. The molecule has 0 bridgehead atoms. The van der Waals surface area contributed by atoms with Gasteiger partial charge in [-0.05, 0) is 71.0 Å². The Morgan fingerprint density at radius 1 is 0.551 bits per heavy atom. The topological polar surface area (TPSA) is 25.8 Å². The molecule has 6 heteroatoms. The zero-order valence-electron chi connectivity index (χ0n) is 27.3. The Hall–Kier alpha value is -4.19. The van der Waals surface area contributed by atoms with E-state index in [1.165, 1.54) is 63.8 Å². The van der Waals surface area contributed by atoms with Gasteiger partial charge in [0, 0.05) is 42.3 Å². The summed E-state index contributed by atoms with van der Waals surface area (Å²) < 4.78 is 0. The largest absolute Gasteiger partial charge is 0.305 e. The van der Waals surface area contributed by atoms with Crippen LogP contribution in [0.25, 0.3) is 33.6 Å². The molecule has 2 aliphatic rings. The third-order valence-corrected chi connectivity index (χ3v) is 11.4. The number of fused-ring (bicyclic) bond motifs is 4. The fraction of sp³-hybridized carbons (Fsp3) is 0.0698. The van der Waals surface area contributed by atoms with Crippen LogP contribution in [0.1, 0.15) is 16.7 Å². The van der Waals surface area contributed by atoms with E-state index in [2.05, 4.69) is 146 Å². The van der Waals surface area contributed by atoms with Gasteiger partial charge in [0.25, 0.3) is 0 Å². The molecule has 239 valence electrons. The van der Waals surface area contributed by atoms with Crippen LogP contribution in [-0.4, -0.2) is 16.7 Å². The SMILES string of the molecule is Cc1cnc(-c2[c-]cc(C)c(-c3ccccc3)c2)cc1C.[Ir].[c-]1cc2c(cc1-c1ccccn1)B1c3ccccc3Sc3cccc(c31)S2. The maximum Gasteiger partial charge on any atom is 0.228 e. The van der Waals surface area contributed by atoms with Crippen molar-refractivity contribution in [2.45, 2.75) is 40.4 Å². The van der Waals surface area contributed by atoms with Crippen LogP contribution in [0.4, 0.5) is 0 Å². The summed E-state index contributed by atoms with van der Waals surface area (Å²) in [5.74, 6) is 0. The number of benzene rings is 5. The summed E-state index contributed by atoms with van der Waals surface area (Å²) in [7, 11) is 0. The third-order valence-electron chi connectivity index (χ3n) is 9.07. The molecule has 0 unspecified atom stereocenters. The Bertz CT molecular complexity index is 2280. The van der Waals surface area contributed by atoms with Crippen molar-refractivity contribution in [2.24, 2.45) is 0 Å². The zero-order chi connectivity index (χ0) is 32.6. The Labute approximate surface area is 311 Å². The van der Waals surface area contributed by atoms with E-state index in [4.69, 9.17) is 0 Å². The second-order valence-electron chi connectivity index (χ2n) is 12.2. The molecule has 9 rings (SSSR count). The monoisotopic (exact) mass is 843 g/mol. The summed E-state index contributed by atoms with van der Waals surface area (Å²) in [5, 5.41) is 0. The van der Waals surface area contributed by atoms with Crippen LogP contribution in [0.15, 0.2) is 153 Å². The van der Waals surface area contributed by atoms with E-state index in [1.807, 2.05) is 54.1 Å². The average Bonchev–Trinajstić information content (AvgIpc) is 3.14. The summed E-state index contributed by atoms with van der Waals surface area (Å²) >= 11 is 3.75. The molecule has 2 nitrogen and oxygen atoms in total. The number of rotatable bonds is 3. The van der Waals surface area contributed by atoms with Crippen LogP contribution in [0, 0.1) is 32.9 Å². The van der Waals surface area contributed by atoms with Gasteiger partial charge in [-0.3, -0.25) is 0 Å². The van der Waals surface area contributed by atoms with Crippen molar-refractivity contribution in [1.29, 1.82) is 0 Å². The minimum atomic E-state index is 0. The number of hydrogen-bond donors (Lipinski definition) is 0. The Morgan fingerprint density at radius 2 is 1.24 bits per heavy atom. The van der Waals surface area contributed by atoms with Crippen molar-refractivity contribution in [2.75, 3.05) is 0 Å². The van der Waals surface area contributed by atoms with Gasteiger partial charge in [0.15, 0.2) is 0 Å². The summed E-state index contributed by atoms with van der Waals surface area (Å²) in [6.45, 7) is 6.60. The molecule has 2 aliphatic heterocycles. The zero-order valence-corrected chi connectivity index (χ0v) is 31.4. The molecule has 0 atom stereocenters. The van der Waals surface area contributed by atoms with E-state index in [0.29, 0.717) is 0 Å². The maximum atomic E-state index is 4.54. The first-order valence-electron chi connectivity index (χ1n) is 16.1. The first kappa shape index (κ1) is 33.3. The third kappa shape index (κ3) is 6.59. The molecular formula is C43H31BIrN2S2-2. The van der Waals surface area contributed by atoms with Crippen LogP contribution in [-0.2, 0) is 20.1 Å². The molecule has 1 radical (unpaired) electrons. The van der Waals surface area contributed by atoms with Crippen LogP contribution in [0.2, 0.25) is 0 Å². The molecule has 7 aromatic rings. The number of aromatic nitrogens is 2. The van der Waals surface area contributed by atoms with Crippen molar-refractivity contribution in [1.82, 2.24) is 9.97 Å². The van der Waals surface area contributed by atoms with E-state index in [0.717, 1.165) is 22.5 Å². The summed E-state index contributed by atoms with van der Waals surface area (Å²) in [6, 6.07) is 49.6. The number of nitrogens with zero attached hydrogens (tertiary/aromatic N) is 2. The average molecular weight is 843 g/mol. The fourth-order valence-corrected chi connectivity index (χ4v) is 8.77. The normalized spacial score (nSPS) is 12.0. The molecule has 0 fully saturated rings. The minimum Gasteiger partial charge on any atom is -0.305 e. The summed E-state index contributed by atoms with van der Waals surface area (Å²) in [5.41, 5.74) is 14.5. The van der Waals surface area contributed by atoms with Crippen molar-refractivity contribution in [3.63, 3.8) is 0 Å². The molecule has 4 heterocycles. The van der Waals surface area contributed by atoms with Crippen molar-refractivity contribution in [3.05, 3.63) is 163 Å². The standard InChI is InChI=1S/C23H13BNS2.C20H18N.Ir/c1-2-8-19-16(6-1)24-17-14-15(18-7-3-4-13-25-18)11-12-20(17)27-22-10-5-9-21(26-19)23(22)24;1-14-9-10-18(20-11-15(2)16(3)13-21-20)12-19(14)17-7-5-4-6-8-17;/h1-10,12-14H;4-9,11-13H,1-3H3;/q2*-1;. The van der Waals surface area contributed by atoms with Gasteiger partial charge in [-0.25, -0.2) is 0 Å². The molecule has 0 saturated heterocycles. The minimum absolute atomic E-state index is 0. The molecule has 0 spiro atoms. The van der Waals surface area contributed by atoms with E-state index in [9.17, 15) is 0 Å². The Kier molecular flexibility index (Phi) is 9.76. The molecular weight excluding hydrogens is 812 g/mol. The van der Waals surface area contributed by atoms with E-state index >= 15 is 0 Å². The van der Waals surface area contributed by atoms with Crippen LogP contribution >= 0.6 is 23.5 Å². The second-order valence-corrected chi connectivity index (χ2v) is 14.4. The van der Waals surface area contributed by atoms with Gasteiger partial charge in [-0.15, -0.1) is 70.3 Å². The molecule has 0 amide bonds. The molecule has 0 saturated carbocycles. The van der Waals surface area contributed by atoms with Crippen LogP contribution in [0.3, 0.4) is 0 Å². The Balaban J connectivity index is 0.000000156. The van der Waals surface area contributed by atoms with Crippen molar-refractivity contribution >= 4 is 46.6 Å². The molecule has 5 aromatic carbocycles. The van der Waals surface area contributed by atoms with Gasteiger partial charge in [0.1, 0.15) is 0 Å². The van der Waals surface area contributed by atoms with Gasteiger partial charge >= 0.3 is 0 Å². The van der Waals surface area contributed by atoms with E-state index < -0.39 is 0 Å². The quantitative estimate of drug-likeness (QED) is 0.131.